The van der Waals surface area contributed by atoms with Crippen LogP contribution in [0, 0.1) is 0 Å². The van der Waals surface area contributed by atoms with Gasteiger partial charge in [0.15, 0.2) is 0 Å². The summed E-state index contributed by atoms with van der Waals surface area (Å²) in [6.07, 6.45) is 0.226. The van der Waals surface area contributed by atoms with E-state index in [0.717, 1.165) is 27.9 Å². The lowest BCUT2D eigenvalue weighted by molar-refractivity contribution is -0.115. The maximum atomic E-state index is 12.3. The van der Waals surface area contributed by atoms with Crippen LogP contribution in [-0.4, -0.2) is 17.5 Å². The van der Waals surface area contributed by atoms with Gasteiger partial charge in [0.1, 0.15) is 23.1 Å². The maximum Gasteiger partial charge on any atom is 0.230 e. The topological polar surface area (TPSA) is 60.5 Å². The molecule has 1 amide bonds. The molecule has 1 aromatic heterocycles. The highest BCUT2D eigenvalue weighted by Gasteiger charge is 2.13. The van der Waals surface area contributed by atoms with Gasteiger partial charge in [0, 0.05) is 11.1 Å². The van der Waals surface area contributed by atoms with Crippen molar-refractivity contribution in [3.8, 4) is 11.5 Å². The Morgan fingerprint density at radius 2 is 1.63 bits per heavy atom. The first-order valence-electron chi connectivity index (χ1n) is 10.0. The Balaban J connectivity index is 1.49. The standard InChI is InChI=1S/C24H28N2O3S/c1-5-28-20-12-8-18(9-13-20)25-22(27)14-19-16-30-23(26-19)15-29-21-10-6-17(7-11-21)24(2,3)4/h6-13,16H,5,14-15H2,1-4H3,(H,25,27). The van der Waals surface area contributed by atoms with Gasteiger partial charge >= 0.3 is 0 Å². The quantitative estimate of drug-likeness (QED) is 0.511. The molecule has 0 bridgehead atoms. The number of hydrogen-bond acceptors (Lipinski definition) is 5. The van der Waals surface area contributed by atoms with Crippen LogP contribution in [0.15, 0.2) is 53.9 Å². The third-order valence-electron chi connectivity index (χ3n) is 4.47. The van der Waals surface area contributed by atoms with Crippen molar-refractivity contribution < 1.29 is 14.3 Å². The second-order valence-electron chi connectivity index (χ2n) is 7.98. The fourth-order valence-corrected chi connectivity index (χ4v) is 3.57. The molecule has 158 valence electrons. The summed E-state index contributed by atoms with van der Waals surface area (Å²) in [5.74, 6) is 1.50. The van der Waals surface area contributed by atoms with Crippen molar-refractivity contribution in [2.75, 3.05) is 11.9 Å². The van der Waals surface area contributed by atoms with Crippen molar-refractivity contribution in [3.05, 3.63) is 70.2 Å². The molecule has 0 unspecified atom stereocenters. The van der Waals surface area contributed by atoms with Gasteiger partial charge in [0.25, 0.3) is 0 Å². The zero-order valence-electron chi connectivity index (χ0n) is 17.9. The molecule has 2 aromatic carbocycles. The lowest BCUT2D eigenvalue weighted by atomic mass is 9.87. The largest absolute Gasteiger partial charge is 0.494 e. The van der Waals surface area contributed by atoms with E-state index in [9.17, 15) is 4.79 Å². The molecule has 0 aliphatic heterocycles. The van der Waals surface area contributed by atoms with Gasteiger partial charge in [-0.2, -0.15) is 0 Å². The van der Waals surface area contributed by atoms with Crippen LogP contribution in [0.5, 0.6) is 11.5 Å². The van der Waals surface area contributed by atoms with Crippen LogP contribution in [0.2, 0.25) is 0 Å². The zero-order chi connectivity index (χ0) is 21.6. The number of thiazole rings is 1. The Labute approximate surface area is 182 Å². The number of carbonyl (C=O) groups excluding carboxylic acids is 1. The maximum absolute atomic E-state index is 12.3. The van der Waals surface area contributed by atoms with Gasteiger partial charge in [0.2, 0.25) is 5.91 Å². The Bertz CT molecular complexity index is 957. The van der Waals surface area contributed by atoms with Gasteiger partial charge in [-0.1, -0.05) is 32.9 Å². The molecule has 1 N–H and O–H groups in total. The number of amides is 1. The van der Waals surface area contributed by atoms with Gasteiger partial charge in [-0.05, 0) is 54.3 Å². The van der Waals surface area contributed by atoms with Crippen molar-refractivity contribution in [1.29, 1.82) is 0 Å². The van der Waals surface area contributed by atoms with Crippen molar-refractivity contribution >= 4 is 22.9 Å². The summed E-state index contributed by atoms with van der Waals surface area (Å²) in [4.78, 5) is 16.8. The first-order chi connectivity index (χ1) is 14.3. The molecule has 0 atom stereocenters. The molecule has 0 saturated carbocycles. The van der Waals surface area contributed by atoms with E-state index >= 15 is 0 Å². The number of benzene rings is 2. The number of nitrogens with zero attached hydrogens (tertiary/aromatic N) is 1. The molecule has 3 rings (SSSR count). The van der Waals surface area contributed by atoms with Crippen molar-refractivity contribution in [1.82, 2.24) is 4.98 Å². The van der Waals surface area contributed by atoms with Crippen LogP contribution in [0.4, 0.5) is 5.69 Å². The molecule has 3 aromatic rings. The normalized spacial score (nSPS) is 11.2. The summed E-state index contributed by atoms with van der Waals surface area (Å²) in [7, 11) is 0. The molecule has 1 heterocycles. The third-order valence-corrected chi connectivity index (χ3v) is 5.34. The number of hydrogen-bond donors (Lipinski definition) is 1. The minimum Gasteiger partial charge on any atom is -0.494 e. The molecule has 0 saturated heterocycles. The highest BCUT2D eigenvalue weighted by molar-refractivity contribution is 7.09. The third kappa shape index (κ3) is 6.32. The van der Waals surface area contributed by atoms with Crippen LogP contribution in [-0.2, 0) is 23.2 Å². The molecule has 0 fully saturated rings. The predicted molar refractivity (Wildman–Crippen MR) is 122 cm³/mol. The van der Waals surface area contributed by atoms with E-state index in [4.69, 9.17) is 9.47 Å². The van der Waals surface area contributed by atoms with Crippen molar-refractivity contribution in [3.63, 3.8) is 0 Å². The van der Waals surface area contributed by atoms with Crippen LogP contribution < -0.4 is 14.8 Å². The van der Waals surface area contributed by atoms with Gasteiger partial charge in [-0.3, -0.25) is 4.79 Å². The van der Waals surface area contributed by atoms with Gasteiger partial charge in [0.05, 0.1) is 18.7 Å². The first kappa shape index (κ1) is 21.8. The van der Waals surface area contributed by atoms with Gasteiger partial charge in [-0.15, -0.1) is 11.3 Å². The van der Waals surface area contributed by atoms with Crippen LogP contribution in [0.25, 0.3) is 0 Å². The fraction of sp³-hybridized carbons (Fsp3) is 0.333. The highest BCUT2D eigenvalue weighted by Crippen LogP contribution is 2.25. The minimum atomic E-state index is -0.102. The number of anilines is 1. The lowest BCUT2D eigenvalue weighted by Crippen LogP contribution is -2.14. The minimum absolute atomic E-state index is 0.102. The second kappa shape index (κ2) is 9.76. The SMILES string of the molecule is CCOc1ccc(NC(=O)Cc2csc(COc3ccc(C(C)(C)C)cc3)n2)cc1. The molecule has 6 heteroatoms. The fourth-order valence-electron chi connectivity index (χ4n) is 2.86. The molecular weight excluding hydrogens is 396 g/mol. The van der Waals surface area contributed by atoms with Gasteiger partial charge < -0.3 is 14.8 Å². The Morgan fingerprint density at radius 1 is 1.00 bits per heavy atom. The number of nitrogens with one attached hydrogen (secondary N) is 1. The van der Waals surface area contributed by atoms with E-state index in [1.165, 1.54) is 16.9 Å². The molecule has 0 spiro atoms. The summed E-state index contributed by atoms with van der Waals surface area (Å²) >= 11 is 1.50. The smallest absolute Gasteiger partial charge is 0.230 e. The van der Waals surface area contributed by atoms with E-state index in [2.05, 4.69) is 43.2 Å². The van der Waals surface area contributed by atoms with E-state index in [1.807, 2.05) is 48.7 Å². The molecule has 30 heavy (non-hydrogen) atoms. The average molecular weight is 425 g/mol. The summed E-state index contributed by atoms with van der Waals surface area (Å²) in [6.45, 7) is 9.50. The average Bonchev–Trinajstić information content (AvgIpc) is 3.15. The Hall–Kier alpha value is -2.86. The number of ether oxygens (including phenoxy) is 2. The Kier molecular flexibility index (Phi) is 7.11. The monoisotopic (exact) mass is 424 g/mol. The van der Waals surface area contributed by atoms with Crippen molar-refractivity contribution in [2.45, 2.75) is 46.1 Å². The van der Waals surface area contributed by atoms with Crippen LogP contribution >= 0.6 is 11.3 Å². The second-order valence-corrected chi connectivity index (χ2v) is 8.92. The zero-order valence-corrected chi connectivity index (χ0v) is 18.7. The highest BCUT2D eigenvalue weighted by atomic mass is 32.1. The van der Waals surface area contributed by atoms with Crippen molar-refractivity contribution in [2.24, 2.45) is 0 Å². The Morgan fingerprint density at radius 3 is 2.27 bits per heavy atom. The summed E-state index contributed by atoms with van der Waals surface area (Å²) in [6, 6.07) is 15.5. The lowest BCUT2D eigenvalue weighted by Gasteiger charge is -2.19. The van der Waals surface area contributed by atoms with E-state index in [1.54, 1.807) is 0 Å². The number of rotatable bonds is 8. The molecule has 0 aliphatic rings. The predicted octanol–water partition coefficient (Wildman–Crippen LogP) is 5.60. The van der Waals surface area contributed by atoms with E-state index in [0.29, 0.717) is 13.2 Å². The van der Waals surface area contributed by atoms with E-state index < -0.39 is 0 Å². The molecular formula is C24H28N2O3S. The number of carbonyl (C=O) groups is 1. The van der Waals surface area contributed by atoms with E-state index in [-0.39, 0.29) is 17.7 Å². The van der Waals surface area contributed by atoms with Crippen LogP contribution in [0.3, 0.4) is 0 Å². The molecule has 0 aliphatic carbocycles. The van der Waals surface area contributed by atoms with Gasteiger partial charge in [-0.25, -0.2) is 4.98 Å². The molecule has 5 nitrogen and oxygen atoms in total. The first-order valence-corrected chi connectivity index (χ1v) is 10.9. The summed E-state index contributed by atoms with van der Waals surface area (Å²) in [5, 5.41) is 5.63. The summed E-state index contributed by atoms with van der Waals surface area (Å²) < 4.78 is 11.2. The van der Waals surface area contributed by atoms with Crippen LogP contribution in [0.1, 0.15) is 44.0 Å². The summed E-state index contributed by atoms with van der Waals surface area (Å²) in [5.41, 5.74) is 2.87. The molecule has 0 radical (unpaired) electrons. The number of aromatic nitrogens is 1.